The number of nitrogens with zero attached hydrogens (tertiary/aromatic N) is 3. The third-order valence-electron chi connectivity index (χ3n) is 4.92. The van der Waals surface area contributed by atoms with Crippen molar-refractivity contribution >= 4 is 22.2 Å². The molecule has 0 bridgehead atoms. The van der Waals surface area contributed by atoms with Crippen molar-refractivity contribution in [1.82, 2.24) is 19.7 Å². The molecular weight excluding hydrogens is 396 g/mol. The number of hydrogen-bond acceptors (Lipinski definition) is 4. The van der Waals surface area contributed by atoms with Gasteiger partial charge in [-0.3, -0.25) is 13.8 Å². The molecule has 0 atom stereocenters. The summed E-state index contributed by atoms with van der Waals surface area (Å²) < 4.78 is 22.8. The summed E-state index contributed by atoms with van der Waals surface area (Å²) in [6.07, 6.45) is 1.71. The Balaban J connectivity index is 1.99. The van der Waals surface area contributed by atoms with Crippen LogP contribution in [0.1, 0.15) is 46.1 Å². The molecule has 0 spiro atoms. The van der Waals surface area contributed by atoms with Crippen molar-refractivity contribution in [2.75, 3.05) is 0 Å². The molecule has 0 saturated carbocycles. The fraction of sp³-hybridized carbons (Fsp3) is 0.400. The van der Waals surface area contributed by atoms with Gasteiger partial charge in [-0.25, -0.2) is 4.98 Å². The Morgan fingerprint density at radius 3 is 2.21 bits per heavy atom. The first kappa shape index (κ1) is 20.9. The van der Waals surface area contributed by atoms with Crippen molar-refractivity contribution in [2.45, 2.75) is 49.7 Å². The number of aromatic amines is 1. The second kappa shape index (κ2) is 6.91. The van der Waals surface area contributed by atoms with Crippen molar-refractivity contribution in [3.63, 3.8) is 0 Å². The molecule has 1 aromatic carbocycles. The molecule has 6 nitrogen and oxygen atoms in total. The second-order valence-electron chi connectivity index (χ2n) is 8.45. The number of benzene rings is 1. The lowest BCUT2D eigenvalue weighted by atomic mass is 9.92. The lowest BCUT2D eigenvalue weighted by Crippen LogP contribution is -2.27. The minimum absolute atomic E-state index is 0.0672. The van der Waals surface area contributed by atoms with Crippen LogP contribution >= 0.6 is 22.2 Å². The number of nitrogens with one attached hydrogen (secondary N) is 1. The van der Waals surface area contributed by atoms with Gasteiger partial charge in [-0.1, -0.05) is 32.4 Å². The fourth-order valence-corrected chi connectivity index (χ4v) is 4.50. The van der Waals surface area contributed by atoms with Gasteiger partial charge in [0.05, 0.1) is 28.2 Å². The van der Waals surface area contributed by atoms with Crippen LogP contribution < -0.4 is 0 Å². The van der Waals surface area contributed by atoms with E-state index in [0.29, 0.717) is 15.7 Å². The molecule has 0 aliphatic heterocycles. The Hall–Kier alpha value is -1.80. The summed E-state index contributed by atoms with van der Waals surface area (Å²) >= 11 is 5.93. The van der Waals surface area contributed by atoms with Crippen LogP contribution in [0.3, 0.4) is 0 Å². The summed E-state index contributed by atoms with van der Waals surface area (Å²) in [5, 5.41) is 5.14. The van der Waals surface area contributed by atoms with Crippen LogP contribution in [0.15, 0.2) is 41.4 Å². The van der Waals surface area contributed by atoms with Crippen LogP contribution in [0.4, 0.5) is 0 Å². The average Bonchev–Trinajstić information content (AvgIpc) is 3.21. The summed E-state index contributed by atoms with van der Waals surface area (Å²) in [5.74, 6) is 0.496. The second-order valence-corrected chi connectivity index (χ2v) is 11.5. The molecule has 8 heteroatoms. The molecule has 0 saturated heterocycles. The monoisotopic (exact) mass is 422 g/mol. The summed E-state index contributed by atoms with van der Waals surface area (Å²) in [4.78, 5) is 8.16. The SMILES string of the molecule is Cn1nc(C(C)(C)C)cc1-c1cnc(C(C)(C)S(O)(O)c2ccc(Cl)cc2)[nH]1. The molecule has 0 unspecified atom stereocenters. The molecular formula is C20H27ClN4O2S. The zero-order valence-corrected chi connectivity index (χ0v) is 18.6. The van der Waals surface area contributed by atoms with E-state index in [0.717, 1.165) is 17.1 Å². The van der Waals surface area contributed by atoms with Gasteiger partial charge < -0.3 is 4.98 Å². The molecule has 3 rings (SSSR count). The van der Waals surface area contributed by atoms with Gasteiger partial charge in [0.25, 0.3) is 0 Å². The lowest BCUT2D eigenvalue weighted by Gasteiger charge is -2.45. The number of aromatic nitrogens is 4. The number of hydrogen-bond donors (Lipinski definition) is 3. The van der Waals surface area contributed by atoms with Crippen LogP contribution in [0.2, 0.25) is 5.02 Å². The van der Waals surface area contributed by atoms with Crippen LogP contribution in [-0.2, 0) is 17.2 Å². The zero-order chi connectivity index (χ0) is 20.9. The third-order valence-corrected chi connectivity index (χ3v) is 7.72. The maximum Gasteiger partial charge on any atom is 0.131 e. The Bertz CT molecular complexity index is 985. The van der Waals surface area contributed by atoms with Crippen molar-refractivity contribution in [1.29, 1.82) is 0 Å². The zero-order valence-electron chi connectivity index (χ0n) is 17.0. The minimum atomic E-state index is -3.18. The van der Waals surface area contributed by atoms with Crippen LogP contribution in [-0.4, -0.2) is 28.9 Å². The Morgan fingerprint density at radius 1 is 1.07 bits per heavy atom. The highest BCUT2D eigenvalue weighted by Gasteiger charge is 2.40. The fourth-order valence-electron chi connectivity index (χ4n) is 2.90. The van der Waals surface area contributed by atoms with E-state index in [1.54, 1.807) is 44.3 Å². The van der Waals surface area contributed by atoms with Crippen LogP contribution in [0, 0.1) is 0 Å². The highest BCUT2D eigenvalue weighted by molar-refractivity contribution is 8.25. The van der Waals surface area contributed by atoms with E-state index in [4.69, 9.17) is 11.6 Å². The first-order chi connectivity index (χ1) is 12.8. The molecule has 2 aromatic heterocycles. The van der Waals surface area contributed by atoms with Gasteiger partial charge in [0.2, 0.25) is 0 Å². The smallest absolute Gasteiger partial charge is 0.131 e. The Labute approximate surface area is 172 Å². The molecule has 0 aliphatic rings. The van der Waals surface area contributed by atoms with Gasteiger partial charge in [-0.05, 0) is 44.2 Å². The van der Waals surface area contributed by atoms with Gasteiger partial charge in [0.15, 0.2) is 0 Å². The molecule has 0 fully saturated rings. The predicted molar refractivity (Wildman–Crippen MR) is 115 cm³/mol. The highest BCUT2D eigenvalue weighted by Crippen LogP contribution is 2.63. The minimum Gasteiger partial charge on any atom is -0.339 e. The number of halogens is 1. The van der Waals surface area contributed by atoms with Crippen LogP contribution in [0.25, 0.3) is 11.4 Å². The lowest BCUT2D eigenvalue weighted by molar-refractivity contribution is 0.439. The Kier molecular flexibility index (Phi) is 5.17. The van der Waals surface area contributed by atoms with Gasteiger partial charge >= 0.3 is 0 Å². The van der Waals surface area contributed by atoms with Crippen molar-refractivity contribution in [2.24, 2.45) is 7.05 Å². The first-order valence-electron chi connectivity index (χ1n) is 8.98. The topological polar surface area (TPSA) is 87.0 Å². The van der Waals surface area contributed by atoms with Crippen molar-refractivity contribution < 1.29 is 9.11 Å². The van der Waals surface area contributed by atoms with E-state index in [1.807, 2.05) is 17.8 Å². The van der Waals surface area contributed by atoms with E-state index >= 15 is 0 Å². The molecule has 0 aliphatic carbocycles. The molecule has 2 heterocycles. The molecule has 28 heavy (non-hydrogen) atoms. The molecule has 0 amide bonds. The average molecular weight is 423 g/mol. The summed E-state index contributed by atoms with van der Waals surface area (Å²) in [7, 11) is -1.29. The van der Waals surface area contributed by atoms with E-state index < -0.39 is 15.3 Å². The van der Waals surface area contributed by atoms with Crippen molar-refractivity contribution in [3.8, 4) is 11.4 Å². The highest BCUT2D eigenvalue weighted by atomic mass is 35.5. The summed E-state index contributed by atoms with van der Waals surface area (Å²) in [6.45, 7) is 9.87. The molecule has 0 radical (unpaired) electrons. The normalized spacial score (nSPS) is 13.8. The van der Waals surface area contributed by atoms with Gasteiger partial charge in [-0.15, -0.1) is 0 Å². The number of rotatable bonds is 4. The maximum atomic E-state index is 11.0. The van der Waals surface area contributed by atoms with Gasteiger partial charge in [0, 0.05) is 17.5 Å². The predicted octanol–water partition coefficient (Wildman–Crippen LogP) is 5.81. The summed E-state index contributed by atoms with van der Waals surface area (Å²) in [5.41, 5.74) is 2.58. The van der Waals surface area contributed by atoms with Gasteiger partial charge in [-0.2, -0.15) is 15.7 Å². The van der Waals surface area contributed by atoms with Crippen molar-refractivity contribution in [3.05, 3.63) is 53.1 Å². The molecule has 3 aromatic rings. The van der Waals surface area contributed by atoms with Gasteiger partial charge in [0.1, 0.15) is 10.6 Å². The standard InChI is InChI=1S/C20H27ClN4O2S/c1-19(2,3)17-11-16(25(6)24-17)15-12-22-18(23-15)20(4,5)28(26,27)14-9-7-13(21)8-10-14/h7-12,26-27H,1-6H3,(H,22,23). The molecule has 152 valence electrons. The van der Waals surface area contributed by atoms with E-state index in [2.05, 4.69) is 35.8 Å². The van der Waals surface area contributed by atoms with E-state index in [9.17, 15) is 9.11 Å². The quantitative estimate of drug-likeness (QED) is 0.495. The van der Waals surface area contributed by atoms with E-state index in [-0.39, 0.29) is 5.41 Å². The van der Waals surface area contributed by atoms with Crippen LogP contribution in [0.5, 0.6) is 0 Å². The number of aryl methyl sites for hydroxylation is 1. The summed E-state index contributed by atoms with van der Waals surface area (Å²) in [6, 6.07) is 8.61. The first-order valence-corrected chi connectivity index (χ1v) is 10.9. The Morgan fingerprint density at radius 2 is 1.68 bits per heavy atom. The third kappa shape index (κ3) is 3.59. The molecule has 3 N–H and O–H groups in total. The van der Waals surface area contributed by atoms with E-state index in [1.165, 1.54) is 0 Å². The number of imidazole rings is 1. The maximum absolute atomic E-state index is 11.0. The number of H-pyrrole nitrogens is 1. The largest absolute Gasteiger partial charge is 0.339 e.